The Morgan fingerprint density at radius 1 is 0.952 bits per heavy atom. The normalized spacial score (nSPS) is 12.1. The zero-order chi connectivity index (χ0) is 16.3. The lowest BCUT2D eigenvalue weighted by Gasteiger charge is -2.20. The largest absolute Gasteiger partial charge is 0.545 e. The summed E-state index contributed by atoms with van der Waals surface area (Å²) in [5.74, 6) is -1.14. The number of aromatic carboxylic acids is 1. The maximum atomic E-state index is 11.2. The van der Waals surface area contributed by atoms with E-state index in [-0.39, 0.29) is 17.1 Å². The van der Waals surface area contributed by atoms with E-state index in [0.29, 0.717) is 0 Å². The first kappa shape index (κ1) is 17.3. The van der Waals surface area contributed by atoms with Crippen LogP contribution >= 0.6 is 0 Å². The van der Waals surface area contributed by atoms with Crippen LogP contribution in [0.2, 0.25) is 0 Å². The van der Waals surface area contributed by atoms with E-state index < -0.39 is 17.2 Å². The summed E-state index contributed by atoms with van der Waals surface area (Å²) < 4.78 is 0. The van der Waals surface area contributed by atoms with Crippen LogP contribution in [0, 0.1) is 0 Å². The third kappa shape index (κ3) is 6.46. The molecule has 6 heteroatoms. The van der Waals surface area contributed by atoms with E-state index in [1.54, 1.807) is 41.5 Å². The number of benzene rings is 1. The molecule has 0 aromatic heterocycles. The van der Waals surface area contributed by atoms with Crippen LogP contribution in [-0.2, 0) is 9.78 Å². The van der Waals surface area contributed by atoms with Gasteiger partial charge >= 0.3 is 0 Å². The topological polar surface area (TPSA) is 77.0 Å². The van der Waals surface area contributed by atoms with Gasteiger partial charge in [0.25, 0.3) is 0 Å². The highest BCUT2D eigenvalue weighted by Crippen LogP contribution is 2.26. The number of hydrogen-bond donors (Lipinski definition) is 0. The fourth-order valence-electron chi connectivity index (χ4n) is 1.14. The second-order valence-electron chi connectivity index (χ2n) is 6.50. The molecule has 1 aromatic rings. The Bertz CT molecular complexity index is 496. The molecule has 0 atom stereocenters. The van der Waals surface area contributed by atoms with Crippen molar-refractivity contribution in [2.45, 2.75) is 52.7 Å². The van der Waals surface area contributed by atoms with Gasteiger partial charge in [-0.1, -0.05) is 0 Å². The maximum Gasteiger partial charge on any atom is 0.174 e. The highest BCUT2D eigenvalue weighted by atomic mass is 17.2. The van der Waals surface area contributed by atoms with Gasteiger partial charge in [-0.05, 0) is 59.7 Å². The Labute approximate surface area is 124 Å². The Balaban J connectivity index is 2.89. The van der Waals surface area contributed by atoms with Gasteiger partial charge in [0.1, 0.15) is 11.2 Å². The zero-order valence-electron chi connectivity index (χ0n) is 13.2. The standard InChI is InChI=1S/C15H22O6/c1-14(2,3)20-18-10-7-8-12(11(9-10)13(16)17)19-21-15(4,5)6/h7-9H,1-6H3,(H,16,17)/p-1. The van der Waals surface area contributed by atoms with Crippen molar-refractivity contribution in [3.8, 4) is 11.5 Å². The second-order valence-corrected chi connectivity index (χ2v) is 6.50. The van der Waals surface area contributed by atoms with Crippen LogP contribution < -0.4 is 14.9 Å². The van der Waals surface area contributed by atoms with E-state index in [2.05, 4.69) is 0 Å². The van der Waals surface area contributed by atoms with Crippen LogP contribution in [0.3, 0.4) is 0 Å². The number of carbonyl (C=O) groups excluding carboxylic acids is 1. The SMILES string of the molecule is CC(C)(C)OOc1ccc(OOC(C)(C)C)c(C(=O)[O-])c1. The predicted molar refractivity (Wildman–Crippen MR) is 73.7 cm³/mol. The molecule has 0 saturated carbocycles. The van der Waals surface area contributed by atoms with Gasteiger partial charge in [0.2, 0.25) is 0 Å². The molecule has 118 valence electrons. The first-order valence-electron chi connectivity index (χ1n) is 6.55. The molecule has 0 saturated heterocycles. The van der Waals surface area contributed by atoms with E-state index in [1.807, 2.05) is 0 Å². The molecule has 21 heavy (non-hydrogen) atoms. The number of rotatable bonds is 5. The number of hydrogen-bond acceptors (Lipinski definition) is 6. The molecule has 0 heterocycles. The van der Waals surface area contributed by atoms with Crippen LogP contribution in [0.4, 0.5) is 0 Å². The maximum absolute atomic E-state index is 11.2. The zero-order valence-corrected chi connectivity index (χ0v) is 13.2. The molecule has 0 amide bonds. The third-order valence-corrected chi connectivity index (χ3v) is 1.94. The van der Waals surface area contributed by atoms with Crippen LogP contribution in [-0.4, -0.2) is 17.2 Å². The molecule has 0 spiro atoms. The van der Waals surface area contributed by atoms with Gasteiger partial charge in [0.05, 0.1) is 5.97 Å². The molecule has 0 unspecified atom stereocenters. The number of carboxylic acid groups (broad SMARTS) is 1. The van der Waals surface area contributed by atoms with Gasteiger partial charge in [-0.15, -0.1) is 0 Å². The van der Waals surface area contributed by atoms with Crippen molar-refractivity contribution in [2.75, 3.05) is 0 Å². The lowest BCUT2D eigenvalue weighted by Crippen LogP contribution is -2.26. The van der Waals surface area contributed by atoms with Crippen molar-refractivity contribution in [2.24, 2.45) is 0 Å². The van der Waals surface area contributed by atoms with Crippen LogP contribution in [0.25, 0.3) is 0 Å². The van der Waals surface area contributed by atoms with Crippen molar-refractivity contribution >= 4 is 5.97 Å². The summed E-state index contributed by atoms with van der Waals surface area (Å²) in [5, 5.41) is 11.2. The van der Waals surface area contributed by atoms with E-state index in [1.165, 1.54) is 18.2 Å². The van der Waals surface area contributed by atoms with Crippen molar-refractivity contribution in [1.82, 2.24) is 0 Å². The molecule has 0 fully saturated rings. The van der Waals surface area contributed by atoms with Gasteiger partial charge in [0.15, 0.2) is 11.5 Å². The van der Waals surface area contributed by atoms with Crippen molar-refractivity contribution in [3.05, 3.63) is 23.8 Å². The predicted octanol–water partition coefficient (Wildman–Crippen LogP) is 2.27. The van der Waals surface area contributed by atoms with E-state index in [0.717, 1.165) is 0 Å². The summed E-state index contributed by atoms with van der Waals surface area (Å²) in [6.45, 7) is 10.8. The molecule has 0 aliphatic heterocycles. The fourth-order valence-corrected chi connectivity index (χ4v) is 1.14. The minimum absolute atomic E-state index is 0.0352. The summed E-state index contributed by atoms with van der Waals surface area (Å²) in [4.78, 5) is 31.5. The minimum Gasteiger partial charge on any atom is -0.545 e. The van der Waals surface area contributed by atoms with E-state index >= 15 is 0 Å². The van der Waals surface area contributed by atoms with E-state index in [4.69, 9.17) is 19.6 Å². The Kier molecular flexibility index (Phi) is 5.20. The van der Waals surface area contributed by atoms with Crippen LogP contribution in [0.1, 0.15) is 51.9 Å². The molecule has 0 aliphatic carbocycles. The molecule has 0 N–H and O–H groups in total. The van der Waals surface area contributed by atoms with Crippen LogP contribution in [0.5, 0.6) is 11.5 Å². The molecule has 0 bridgehead atoms. The summed E-state index contributed by atoms with van der Waals surface area (Å²) >= 11 is 0. The number of carbonyl (C=O) groups is 1. The van der Waals surface area contributed by atoms with E-state index in [9.17, 15) is 9.90 Å². The fraction of sp³-hybridized carbons (Fsp3) is 0.533. The van der Waals surface area contributed by atoms with Gasteiger partial charge in [-0.2, -0.15) is 9.78 Å². The average Bonchev–Trinajstić information content (AvgIpc) is 2.32. The summed E-state index contributed by atoms with van der Waals surface area (Å²) in [6, 6.07) is 4.18. The summed E-state index contributed by atoms with van der Waals surface area (Å²) in [7, 11) is 0. The van der Waals surface area contributed by atoms with Gasteiger partial charge in [-0.3, -0.25) is 0 Å². The van der Waals surface area contributed by atoms with Crippen LogP contribution in [0.15, 0.2) is 18.2 Å². The summed E-state index contributed by atoms with van der Waals surface area (Å²) in [5.41, 5.74) is -1.28. The van der Waals surface area contributed by atoms with Crippen molar-refractivity contribution in [3.63, 3.8) is 0 Å². The smallest absolute Gasteiger partial charge is 0.174 e. The average molecular weight is 297 g/mol. The first-order valence-corrected chi connectivity index (χ1v) is 6.55. The Morgan fingerprint density at radius 2 is 1.48 bits per heavy atom. The quantitative estimate of drug-likeness (QED) is 0.613. The molecule has 1 aromatic carbocycles. The summed E-state index contributed by atoms with van der Waals surface area (Å²) in [6.07, 6.45) is 0. The van der Waals surface area contributed by atoms with Crippen molar-refractivity contribution < 1.29 is 29.5 Å². The Morgan fingerprint density at radius 3 is 1.95 bits per heavy atom. The highest BCUT2D eigenvalue weighted by Gasteiger charge is 2.17. The van der Waals surface area contributed by atoms with Gasteiger partial charge in [-0.25, -0.2) is 0 Å². The lowest BCUT2D eigenvalue weighted by molar-refractivity contribution is -0.279. The number of carboxylic acids is 1. The first-order chi connectivity index (χ1) is 9.48. The molecule has 6 nitrogen and oxygen atoms in total. The van der Waals surface area contributed by atoms with Crippen molar-refractivity contribution in [1.29, 1.82) is 0 Å². The molecule has 1 rings (SSSR count). The second kappa shape index (κ2) is 6.32. The highest BCUT2D eigenvalue weighted by molar-refractivity contribution is 5.89. The third-order valence-electron chi connectivity index (χ3n) is 1.94. The minimum atomic E-state index is -1.40. The van der Waals surface area contributed by atoms with Gasteiger partial charge < -0.3 is 19.7 Å². The monoisotopic (exact) mass is 297 g/mol. The molecule has 0 aliphatic rings. The molecule has 0 radical (unpaired) electrons. The molecular formula is C15H21O6-. The van der Waals surface area contributed by atoms with Gasteiger partial charge in [0, 0.05) is 5.56 Å². The molecular weight excluding hydrogens is 276 g/mol. The lowest BCUT2D eigenvalue weighted by atomic mass is 10.2. The Hall–Kier alpha value is -1.79.